The second-order valence-electron chi connectivity index (χ2n) is 12.1. The van der Waals surface area contributed by atoms with Gasteiger partial charge in [-0.1, -0.05) is 112 Å². The Bertz CT molecular complexity index is 1030. The summed E-state index contributed by atoms with van der Waals surface area (Å²) in [5.41, 5.74) is 2.99. The van der Waals surface area contributed by atoms with E-state index in [-0.39, 0.29) is 23.2 Å². The van der Waals surface area contributed by atoms with Crippen LogP contribution in [0.15, 0.2) is 48.4 Å². The minimum atomic E-state index is -0.0934. The lowest BCUT2D eigenvalue weighted by Gasteiger charge is -2.20. The quantitative estimate of drug-likeness (QED) is 0.209. The van der Waals surface area contributed by atoms with Gasteiger partial charge < -0.3 is 24.7 Å². The van der Waals surface area contributed by atoms with Gasteiger partial charge in [0.2, 0.25) is 0 Å². The van der Waals surface area contributed by atoms with E-state index in [2.05, 4.69) is 64.8 Å². The largest absolute Gasteiger partial charge is 0.504 e. The topological polar surface area (TPSA) is 87.3 Å². The number of benzene rings is 1. The van der Waals surface area contributed by atoms with E-state index in [1.165, 1.54) is 49.5 Å². The molecule has 0 bridgehead atoms. The van der Waals surface area contributed by atoms with Crippen molar-refractivity contribution in [1.29, 1.82) is 0 Å². The first-order valence-electron chi connectivity index (χ1n) is 18.2. The van der Waals surface area contributed by atoms with Gasteiger partial charge in [-0.25, -0.2) is 0 Å². The van der Waals surface area contributed by atoms with Crippen LogP contribution in [-0.4, -0.2) is 66.7 Å². The number of phenols is 2. The minimum absolute atomic E-state index is 0.0574. The number of aryl methyl sites for hydroxylation is 1. The van der Waals surface area contributed by atoms with E-state index >= 15 is 0 Å². The second kappa shape index (κ2) is 32.9. The number of hydrogen-bond acceptors (Lipinski definition) is 6. The maximum atomic E-state index is 11.9. The first-order valence-corrected chi connectivity index (χ1v) is 18.2. The first kappa shape index (κ1) is 48.3. The average molecular weight is 661 g/mol. The number of quaternary nitrogens is 1. The van der Waals surface area contributed by atoms with Crippen molar-refractivity contribution in [2.24, 2.45) is 5.92 Å². The molecule has 0 radical (unpaired) electrons. The first-order chi connectivity index (χ1) is 22.4. The lowest BCUT2D eigenvalue weighted by atomic mass is 10.1. The monoisotopic (exact) mass is 661 g/mol. The molecular formula is C40H74N3O4+. The van der Waals surface area contributed by atoms with Gasteiger partial charge in [0, 0.05) is 29.9 Å². The summed E-state index contributed by atoms with van der Waals surface area (Å²) in [4.78, 5) is 19.4. The van der Waals surface area contributed by atoms with Gasteiger partial charge >= 0.3 is 0 Å². The number of aromatic nitrogens is 1. The van der Waals surface area contributed by atoms with Gasteiger partial charge in [-0.15, -0.1) is 0 Å². The third kappa shape index (κ3) is 26.7. The van der Waals surface area contributed by atoms with Gasteiger partial charge in [-0.2, -0.15) is 0 Å². The third-order valence-electron chi connectivity index (χ3n) is 6.62. The molecule has 1 aliphatic rings. The number of unbranched alkanes of at least 4 members (excludes halogenated alkanes) is 4. The van der Waals surface area contributed by atoms with Crippen molar-refractivity contribution in [3.05, 3.63) is 59.6 Å². The van der Waals surface area contributed by atoms with E-state index in [0.29, 0.717) is 25.1 Å². The number of ether oxygens (including phenoxy) is 1. The number of carbonyl (C=O) groups excluding carboxylic acids is 1. The molecule has 1 saturated heterocycles. The van der Waals surface area contributed by atoms with Crippen molar-refractivity contribution < 1.29 is 24.6 Å². The molecule has 7 nitrogen and oxygen atoms in total. The fourth-order valence-corrected chi connectivity index (χ4v) is 3.97. The Morgan fingerprint density at radius 1 is 0.979 bits per heavy atom. The molecule has 0 unspecified atom stereocenters. The normalized spacial score (nSPS) is 12.2. The van der Waals surface area contributed by atoms with Crippen LogP contribution in [0.4, 0.5) is 0 Å². The number of Topliss-reactive ketones (excluding diaryl/α,β-unsaturated/α-hetero) is 1. The molecule has 3 N–H and O–H groups in total. The SMILES string of the molecule is CC.CC(C)C(=O)CN1CCC/C1=C\Cc1cccc(O)c1O.CCCCC.CCCCC.CCOc1cnccc1C.C[NH+](C)C. The van der Waals surface area contributed by atoms with E-state index in [1.807, 2.05) is 47.6 Å². The Kier molecular flexibility index (Phi) is 33.8. The number of pyridine rings is 1. The Balaban J connectivity index is -0.000000616. The smallest absolute Gasteiger partial charge is 0.160 e. The Hall–Kier alpha value is -3.06. The number of rotatable bonds is 11. The van der Waals surface area contributed by atoms with Crippen LogP contribution >= 0.6 is 0 Å². The fraction of sp³-hybridized carbons (Fsp3) is 0.650. The summed E-state index contributed by atoms with van der Waals surface area (Å²) in [5.74, 6) is 1.04. The highest BCUT2D eigenvalue weighted by atomic mass is 16.5. The molecule has 1 aliphatic heterocycles. The standard InChI is InChI=1S/C17H23NO3.C8H11NO.2C5H12.C3H9N.C2H6/c1-12(2)16(20)11-18-10-4-6-14(18)9-8-13-5-3-7-15(19)17(13)21;1-3-10-8-6-9-5-4-7(8)2;2*1-3-5-4-2;1-4(2)3;1-2/h3,5,7,9,12,19,21H,4,6,8,10-11H2,1-2H3;4-6H,3H2,1-2H3;2*3-5H2,1-2H3;1-3H3;1-2H3/p+1/b14-9+;;;;;. The van der Waals surface area contributed by atoms with Crippen molar-refractivity contribution in [3.63, 3.8) is 0 Å². The number of aromatic hydroxyl groups is 2. The second-order valence-corrected chi connectivity index (χ2v) is 12.1. The van der Waals surface area contributed by atoms with Gasteiger partial charge in [0.25, 0.3) is 0 Å². The number of phenolic OH excluding ortho intramolecular Hbond substituents is 2. The van der Waals surface area contributed by atoms with E-state index < -0.39 is 0 Å². The summed E-state index contributed by atoms with van der Waals surface area (Å²) < 4.78 is 5.27. The molecule has 2 aromatic rings. The van der Waals surface area contributed by atoms with Crippen LogP contribution in [0.1, 0.15) is 125 Å². The van der Waals surface area contributed by atoms with Crippen LogP contribution in [0.5, 0.6) is 17.2 Å². The van der Waals surface area contributed by atoms with E-state index in [0.717, 1.165) is 36.4 Å². The number of carbonyl (C=O) groups is 1. The molecule has 0 atom stereocenters. The van der Waals surface area contributed by atoms with Gasteiger partial charge in [0.05, 0.1) is 40.5 Å². The van der Waals surface area contributed by atoms with E-state index in [9.17, 15) is 15.0 Å². The molecule has 2 heterocycles. The third-order valence-corrected chi connectivity index (χ3v) is 6.62. The zero-order valence-corrected chi connectivity index (χ0v) is 32.7. The molecular weight excluding hydrogens is 586 g/mol. The summed E-state index contributed by atoms with van der Waals surface area (Å²) >= 11 is 0. The molecule has 1 aromatic heterocycles. The molecule has 0 spiro atoms. The molecule has 47 heavy (non-hydrogen) atoms. The highest BCUT2D eigenvalue weighted by Gasteiger charge is 2.20. The highest BCUT2D eigenvalue weighted by Crippen LogP contribution is 2.30. The van der Waals surface area contributed by atoms with E-state index in [1.54, 1.807) is 24.5 Å². The molecule has 1 fully saturated rings. The summed E-state index contributed by atoms with van der Waals surface area (Å²) in [5, 5.41) is 19.3. The Morgan fingerprint density at radius 3 is 1.98 bits per heavy atom. The maximum Gasteiger partial charge on any atom is 0.160 e. The van der Waals surface area contributed by atoms with Gasteiger partial charge in [0.15, 0.2) is 17.3 Å². The number of nitrogens with one attached hydrogen (secondary N) is 1. The number of likely N-dealkylation sites (tertiary alicyclic amines) is 1. The van der Waals surface area contributed by atoms with E-state index in [4.69, 9.17) is 4.74 Å². The Morgan fingerprint density at radius 2 is 1.53 bits per heavy atom. The van der Waals surface area contributed by atoms with Crippen LogP contribution in [0.25, 0.3) is 0 Å². The fourth-order valence-electron chi connectivity index (χ4n) is 3.97. The number of para-hydroxylation sites is 1. The van der Waals surface area contributed by atoms with Crippen molar-refractivity contribution in [2.75, 3.05) is 40.8 Å². The lowest BCUT2D eigenvalue weighted by molar-refractivity contribution is -0.836. The lowest BCUT2D eigenvalue weighted by Crippen LogP contribution is -3.02. The van der Waals surface area contributed by atoms with Gasteiger partial charge in [0.1, 0.15) is 5.75 Å². The number of nitrogens with zero attached hydrogens (tertiary/aromatic N) is 2. The predicted molar refractivity (Wildman–Crippen MR) is 203 cm³/mol. The zero-order chi connectivity index (χ0) is 36.6. The minimum Gasteiger partial charge on any atom is -0.504 e. The van der Waals surface area contributed by atoms with Crippen molar-refractivity contribution in [2.45, 2.75) is 127 Å². The van der Waals surface area contributed by atoms with Crippen LogP contribution in [0.3, 0.4) is 0 Å². The molecule has 1 aromatic carbocycles. The van der Waals surface area contributed by atoms with Crippen molar-refractivity contribution >= 4 is 5.78 Å². The predicted octanol–water partition coefficient (Wildman–Crippen LogP) is 8.81. The highest BCUT2D eigenvalue weighted by molar-refractivity contribution is 5.82. The number of ketones is 1. The van der Waals surface area contributed by atoms with Crippen molar-refractivity contribution in [3.8, 4) is 17.2 Å². The molecule has 0 amide bonds. The molecule has 3 rings (SSSR count). The van der Waals surface area contributed by atoms with Crippen LogP contribution in [0.2, 0.25) is 0 Å². The summed E-state index contributed by atoms with van der Waals surface area (Å²) in [6.07, 6.45) is 16.3. The zero-order valence-electron chi connectivity index (χ0n) is 32.7. The number of hydrogen-bond donors (Lipinski definition) is 3. The summed E-state index contributed by atoms with van der Waals surface area (Å²) in [7, 11) is 6.25. The van der Waals surface area contributed by atoms with Crippen molar-refractivity contribution in [1.82, 2.24) is 9.88 Å². The average Bonchev–Trinajstić information content (AvgIpc) is 3.48. The molecule has 0 saturated carbocycles. The molecule has 7 heteroatoms. The number of allylic oxidation sites excluding steroid dienone is 2. The van der Waals surface area contributed by atoms with Crippen LogP contribution < -0.4 is 9.64 Å². The Labute approximate surface area is 290 Å². The van der Waals surface area contributed by atoms with Gasteiger partial charge in [-0.3, -0.25) is 9.78 Å². The summed E-state index contributed by atoms with van der Waals surface area (Å²) in [6, 6.07) is 6.92. The van der Waals surface area contributed by atoms with Gasteiger partial charge in [-0.05, 0) is 50.8 Å². The summed E-state index contributed by atoms with van der Waals surface area (Å²) in [6.45, 7) is 22.7. The molecule has 0 aliphatic carbocycles. The van der Waals surface area contributed by atoms with Crippen LogP contribution in [-0.2, 0) is 11.2 Å². The maximum absolute atomic E-state index is 11.9. The van der Waals surface area contributed by atoms with Crippen LogP contribution in [0, 0.1) is 12.8 Å². The molecule has 272 valence electrons.